The first-order chi connectivity index (χ1) is 14.5. The molecule has 0 spiro atoms. The van der Waals surface area contributed by atoms with E-state index in [1.165, 1.54) is 25.7 Å². The normalized spacial score (nSPS) is 41.4. The Morgan fingerprint density at radius 3 is 2.63 bits per heavy atom. The van der Waals surface area contributed by atoms with E-state index in [0.29, 0.717) is 36.5 Å². The molecule has 0 aromatic heterocycles. The van der Waals surface area contributed by atoms with Crippen molar-refractivity contribution < 1.29 is 19.4 Å². The molecule has 5 aliphatic carbocycles. The fraction of sp³-hybridized carbons (Fsp3) is 0.846. The largest absolute Gasteiger partial charge is 0.504 e. The standard InChI is InChI=1S/C26H38O4/c1-26-15-14-18-17-9-11-22(27)25(29)20(17)8-7-19(18)21(26)10-12-23(26)30-24(28)13-6-16-4-2-3-5-16/h16-19,21,23,29H,2-15H2,1H3/t17-,18+,19-,21+,23+,26-/m0/s1. The molecule has 0 amide bonds. The minimum Gasteiger partial charge on any atom is -0.504 e. The number of ether oxygens (including phenoxy) is 1. The van der Waals surface area contributed by atoms with Gasteiger partial charge < -0.3 is 9.84 Å². The molecule has 0 radical (unpaired) electrons. The number of allylic oxidation sites excluding steroid dienone is 1. The minimum absolute atomic E-state index is 0.0282. The number of aliphatic hydroxyl groups excluding tert-OH is 1. The summed E-state index contributed by atoms with van der Waals surface area (Å²) in [7, 11) is 0. The van der Waals surface area contributed by atoms with E-state index in [2.05, 4.69) is 6.92 Å². The van der Waals surface area contributed by atoms with Gasteiger partial charge in [0.05, 0.1) is 0 Å². The topological polar surface area (TPSA) is 63.6 Å². The maximum atomic E-state index is 12.6. The third kappa shape index (κ3) is 3.42. The molecule has 6 atom stereocenters. The number of carbonyl (C=O) groups is 2. The first-order valence-electron chi connectivity index (χ1n) is 12.6. The van der Waals surface area contributed by atoms with Gasteiger partial charge in [-0.05, 0) is 86.5 Å². The quantitative estimate of drug-likeness (QED) is 0.582. The summed E-state index contributed by atoms with van der Waals surface area (Å²) in [5, 5.41) is 10.3. The van der Waals surface area contributed by atoms with E-state index in [1.54, 1.807) is 0 Å². The first-order valence-corrected chi connectivity index (χ1v) is 12.6. The molecule has 30 heavy (non-hydrogen) atoms. The molecule has 0 bridgehead atoms. The highest BCUT2D eigenvalue weighted by Gasteiger charge is 2.57. The van der Waals surface area contributed by atoms with E-state index >= 15 is 0 Å². The summed E-state index contributed by atoms with van der Waals surface area (Å²) in [5.74, 6) is 3.08. The second-order valence-electron chi connectivity index (χ2n) is 11.2. The summed E-state index contributed by atoms with van der Waals surface area (Å²) in [5.41, 5.74) is 1.17. The summed E-state index contributed by atoms with van der Waals surface area (Å²) < 4.78 is 6.13. The fourth-order valence-electron chi connectivity index (χ4n) is 8.25. The van der Waals surface area contributed by atoms with Crippen LogP contribution in [0, 0.1) is 35.0 Å². The predicted octanol–water partition coefficient (Wildman–Crippen LogP) is 5.90. The van der Waals surface area contributed by atoms with Crippen LogP contribution in [0.25, 0.3) is 0 Å². The molecule has 0 saturated heterocycles. The van der Waals surface area contributed by atoms with E-state index < -0.39 is 0 Å². The molecule has 1 N–H and O–H groups in total. The maximum Gasteiger partial charge on any atom is 0.306 e. The highest BCUT2D eigenvalue weighted by molar-refractivity contribution is 5.94. The summed E-state index contributed by atoms with van der Waals surface area (Å²) in [6.07, 6.45) is 14.7. The molecule has 0 aromatic carbocycles. The Balaban J connectivity index is 1.24. The molecule has 166 valence electrons. The van der Waals surface area contributed by atoms with Crippen molar-refractivity contribution in [2.24, 2.45) is 35.0 Å². The third-order valence-electron chi connectivity index (χ3n) is 9.87. The molecule has 5 rings (SSSR count). The first kappa shape index (κ1) is 20.6. The lowest BCUT2D eigenvalue weighted by Gasteiger charge is -2.53. The Bertz CT molecular complexity index is 733. The van der Waals surface area contributed by atoms with Gasteiger partial charge >= 0.3 is 5.97 Å². The van der Waals surface area contributed by atoms with Gasteiger partial charge in [-0.2, -0.15) is 0 Å². The van der Waals surface area contributed by atoms with Crippen molar-refractivity contribution in [3.63, 3.8) is 0 Å². The molecule has 5 aliphatic rings. The number of esters is 1. The van der Waals surface area contributed by atoms with Gasteiger partial charge in [-0.1, -0.05) is 32.6 Å². The minimum atomic E-state index is -0.0502. The van der Waals surface area contributed by atoms with Gasteiger partial charge in [0.25, 0.3) is 0 Å². The number of Topliss-reactive ketones (excluding diaryl/α,β-unsaturated/α-hetero) is 1. The third-order valence-corrected chi connectivity index (χ3v) is 9.87. The maximum absolute atomic E-state index is 12.6. The molecular weight excluding hydrogens is 376 g/mol. The average Bonchev–Trinajstić information content (AvgIpc) is 3.37. The molecular formula is C26H38O4. The van der Waals surface area contributed by atoms with E-state index in [4.69, 9.17) is 4.74 Å². The zero-order valence-electron chi connectivity index (χ0n) is 18.5. The number of carbonyl (C=O) groups excluding carboxylic acids is 2. The van der Waals surface area contributed by atoms with Crippen molar-refractivity contribution in [3.05, 3.63) is 11.3 Å². The van der Waals surface area contributed by atoms with E-state index in [-0.39, 0.29) is 29.0 Å². The lowest BCUT2D eigenvalue weighted by molar-refractivity contribution is -0.159. The smallest absolute Gasteiger partial charge is 0.306 e. The van der Waals surface area contributed by atoms with Gasteiger partial charge in [0.15, 0.2) is 11.5 Å². The SMILES string of the molecule is C[C@]12CC[C@H]3[C@H](CCC4=C(O)C(=O)CC[C@H]43)[C@H]1CC[C@H]2OC(=O)CCC1CCCC1. The molecule has 0 aromatic rings. The van der Waals surface area contributed by atoms with Crippen LogP contribution in [0.1, 0.15) is 96.8 Å². The number of hydrogen-bond donors (Lipinski definition) is 1. The van der Waals surface area contributed by atoms with Crippen LogP contribution in [-0.2, 0) is 14.3 Å². The van der Waals surface area contributed by atoms with E-state index in [9.17, 15) is 14.7 Å². The zero-order valence-corrected chi connectivity index (χ0v) is 18.5. The summed E-state index contributed by atoms with van der Waals surface area (Å²) in [6.45, 7) is 2.38. The molecule has 0 aliphatic heterocycles. The molecule has 4 heteroatoms. The van der Waals surface area contributed by atoms with Crippen molar-refractivity contribution in [1.82, 2.24) is 0 Å². The van der Waals surface area contributed by atoms with E-state index in [0.717, 1.165) is 62.9 Å². The lowest BCUT2D eigenvalue weighted by Crippen LogP contribution is -2.48. The van der Waals surface area contributed by atoms with Gasteiger partial charge in [-0.25, -0.2) is 0 Å². The van der Waals surface area contributed by atoms with Crippen LogP contribution in [-0.4, -0.2) is 23.0 Å². The number of ketones is 1. The monoisotopic (exact) mass is 414 g/mol. The van der Waals surface area contributed by atoms with Crippen LogP contribution in [0.4, 0.5) is 0 Å². The highest BCUT2D eigenvalue weighted by Crippen LogP contribution is 2.62. The molecule has 0 unspecified atom stereocenters. The van der Waals surface area contributed by atoms with Gasteiger partial charge in [-0.3, -0.25) is 9.59 Å². The van der Waals surface area contributed by atoms with Crippen LogP contribution in [0.2, 0.25) is 0 Å². The highest BCUT2D eigenvalue weighted by atomic mass is 16.5. The number of fused-ring (bicyclic) bond motifs is 5. The summed E-state index contributed by atoms with van der Waals surface area (Å²) in [6, 6.07) is 0. The van der Waals surface area contributed by atoms with Crippen LogP contribution in [0.15, 0.2) is 11.3 Å². The van der Waals surface area contributed by atoms with Crippen molar-refractivity contribution in [1.29, 1.82) is 0 Å². The summed E-state index contributed by atoms with van der Waals surface area (Å²) in [4.78, 5) is 24.6. The van der Waals surface area contributed by atoms with Crippen LogP contribution in [0.3, 0.4) is 0 Å². The molecule has 0 heterocycles. The van der Waals surface area contributed by atoms with Gasteiger partial charge in [-0.15, -0.1) is 0 Å². The van der Waals surface area contributed by atoms with E-state index in [1.807, 2.05) is 0 Å². The average molecular weight is 415 g/mol. The predicted molar refractivity (Wildman–Crippen MR) is 115 cm³/mol. The Morgan fingerprint density at radius 2 is 1.83 bits per heavy atom. The van der Waals surface area contributed by atoms with Crippen molar-refractivity contribution in [2.75, 3.05) is 0 Å². The second kappa shape index (κ2) is 7.98. The van der Waals surface area contributed by atoms with Gasteiger partial charge in [0.2, 0.25) is 0 Å². The summed E-state index contributed by atoms with van der Waals surface area (Å²) >= 11 is 0. The van der Waals surface area contributed by atoms with Gasteiger partial charge in [0, 0.05) is 18.3 Å². The number of aliphatic hydroxyl groups is 1. The second-order valence-corrected chi connectivity index (χ2v) is 11.2. The van der Waals surface area contributed by atoms with Crippen molar-refractivity contribution in [3.8, 4) is 0 Å². The van der Waals surface area contributed by atoms with Gasteiger partial charge in [0.1, 0.15) is 6.10 Å². The van der Waals surface area contributed by atoms with Crippen molar-refractivity contribution in [2.45, 2.75) is 103 Å². The zero-order chi connectivity index (χ0) is 20.9. The fourth-order valence-corrected chi connectivity index (χ4v) is 8.25. The lowest BCUT2D eigenvalue weighted by atomic mass is 9.52. The number of hydrogen-bond acceptors (Lipinski definition) is 4. The Hall–Kier alpha value is -1.32. The van der Waals surface area contributed by atoms with Crippen LogP contribution in [0.5, 0.6) is 0 Å². The van der Waals surface area contributed by atoms with Crippen LogP contribution >= 0.6 is 0 Å². The molecule has 4 saturated carbocycles. The van der Waals surface area contributed by atoms with Crippen LogP contribution < -0.4 is 0 Å². The Labute approximate surface area is 180 Å². The van der Waals surface area contributed by atoms with Crippen molar-refractivity contribution >= 4 is 11.8 Å². The molecule has 4 fully saturated rings. The Kier molecular flexibility index (Phi) is 5.48. The Morgan fingerprint density at radius 1 is 1.03 bits per heavy atom. The molecule has 4 nitrogen and oxygen atoms in total. The number of rotatable bonds is 4.